The molecule has 0 aliphatic heterocycles. The van der Waals surface area contributed by atoms with Gasteiger partial charge in [-0.2, -0.15) is 0 Å². The molecule has 0 N–H and O–H groups in total. The average molecular weight is 225 g/mol. The van der Waals surface area contributed by atoms with Gasteiger partial charge in [-0.15, -0.1) is 4.99 Å². The number of nitrogens with zero attached hydrogens (tertiary/aromatic N) is 3. The first kappa shape index (κ1) is 14.8. The molecule has 0 rings (SSSR count). The molecule has 0 aliphatic rings. The Labute approximate surface area is 98.5 Å². The van der Waals surface area contributed by atoms with E-state index in [9.17, 15) is 4.79 Å². The molecule has 0 aliphatic carbocycles. The summed E-state index contributed by atoms with van der Waals surface area (Å²) in [5, 5.41) is 0. The van der Waals surface area contributed by atoms with Crippen LogP contribution >= 0.6 is 0 Å². The average Bonchev–Trinajstić information content (AvgIpc) is 1.99. The van der Waals surface area contributed by atoms with Gasteiger partial charge in [-0.3, -0.25) is 0 Å². The van der Waals surface area contributed by atoms with E-state index < -0.39 is 0 Å². The molecule has 0 aromatic carbocycles. The molecule has 0 aromatic rings. The molecule has 0 saturated carbocycles. The molecule has 0 fully saturated rings. The molecule has 4 heteroatoms. The van der Waals surface area contributed by atoms with Gasteiger partial charge in [0, 0.05) is 12.1 Å². The van der Waals surface area contributed by atoms with E-state index in [1.165, 1.54) is 0 Å². The summed E-state index contributed by atoms with van der Waals surface area (Å²) in [6.45, 7) is 13.7. The molecular formula is C12H23N3O. The van der Waals surface area contributed by atoms with Crippen molar-refractivity contribution in [2.45, 2.75) is 66.1 Å². The summed E-state index contributed by atoms with van der Waals surface area (Å²) < 4.78 is 0. The highest BCUT2D eigenvalue weighted by atomic mass is 16.2. The zero-order valence-electron chi connectivity index (χ0n) is 11.4. The van der Waals surface area contributed by atoms with Crippen LogP contribution in [-0.4, -0.2) is 34.6 Å². The van der Waals surface area contributed by atoms with E-state index in [1.54, 1.807) is 4.90 Å². The Balaban J connectivity index is 4.74. The fourth-order valence-corrected chi connectivity index (χ4v) is 1.31. The molecular weight excluding hydrogens is 202 g/mol. The first-order valence-electron chi connectivity index (χ1n) is 5.65. The van der Waals surface area contributed by atoms with Gasteiger partial charge in [-0.05, 0) is 48.5 Å². The largest absolute Gasteiger partial charge is 0.353 e. The quantitative estimate of drug-likeness (QED) is 0.665. The number of carbonyl (C=O) groups excluding carboxylic acids is 1. The maximum Gasteiger partial charge on any atom is 0.353 e. The number of hydrogen-bond acceptors (Lipinski definition) is 2. The molecule has 0 aromatic heterocycles. The van der Waals surface area contributed by atoms with E-state index in [1.807, 2.05) is 48.5 Å². The van der Waals surface area contributed by atoms with Gasteiger partial charge in [0.25, 0.3) is 0 Å². The molecule has 0 saturated heterocycles. The second kappa shape index (κ2) is 5.80. The van der Waals surface area contributed by atoms with E-state index in [0.717, 1.165) is 0 Å². The number of amides is 2. The van der Waals surface area contributed by atoms with Crippen LogP contribution in [0, 0.1) is 0 Å². The Hall–Kier alpha value is -1.15. The predicted octanol–water partition coefficient (Wildman–Crippen LogP) is 3.20. The van der Waals surface area contributed by atoms with Crippen molar-refractivity contribution in [1.29, 1.82) is 0 Å². The van der Waals surface area contributed by atoms with Crippen molar-refractivity contribution < 1.29 is 4.79 Å². The third-order valence-electron chi connectivity index (χ3n) is 1.86. The number of rotatable bonds is 2. The van der Waals surface area contributed by atoms with Crippen LogP contribution in [0.5, 0.6) is 0 Å². The number of urea groups is 1. The van der Waals surface area contributed by atoms with Crippen LogP contribution in [0.3, 0.4) is 0 Å². The molecule has 92 valence electrons. The van der Waals surface area contributed by atoms with E-state index in [4.69, 9.17) is 0 Å². The van der Waals surface area contributed by atoms with E-state index in [2.05, 4.69) is 16.0 Å². The van der Waals surface area contributed by atoms with Crippen molar-refractivity contribution >= 4 is 12.0 Å². The summed E-state index contributed by atoms with van der Waals surface area (Å²) >= 11 is 0. The van der Waals surface area contributed by atoms with Crippen LogP contribution in [0.15, 0.2) is 9.98 Å². The monoisotopic (exact) mass is 225 g/mol. The third-order valence-corrected chi connectivity index (χ3v) is 1.86. The van der Waals surface area contributed by atoms with Crippen LogP contribution < -0.4 is 0 Å². The fraction of sp³-hybridized carbons (Fsp3) is 0.833. The van der Waals surface area contributed by atoms with Crippen molar-refractivity contribution in [2.75, 3.05) is 0 Å². The Morgan fingerprint density at radius 3 is 1.88 bits per heavy atom. The van der Waals surface area contributed by atoms with Crippen LogP contribution in [0.2, 0.25) is 0 Å². The first-order chi connectivity index (χ1) is 7.15. The second-order valence-corrected chi connectivity index (χ2v) is 5.37. The minimum Gasteiger partial charge on any atom is -0.317 e. The first-order valence-corrected chi connectivity index (χ1v) is 5.65. The van der Waals surface area contributed by atoms with Crippen molar-refractivity contribution in [1.82, 2.24) is 4.90 Å². The van der Waals surface area contributed by atoms with E-state index >= 15 is 0 Å². The number of aliphatic imine (C=N–C) groups is 2. The molecule has 16 heavy (non-hydrogen) atoms. The lowest BCUT2D eigenvalue weighted by Crippen LogP contribution is -2.40. The maximum atomic E-state index is 11.7. The van der Waals surface area contributed by atoms with Gasteiger partial charge in [-0.25, -0.2) is 9.79 Å². The zero-order valence-corrected chi connectivity index (χ0v) is 11.4. The van der Waals surface area contributed by atoms with Gasteiger partial charge in [-0.1, -0.05) is 0 Å². The van der Waals surface area contributed by atoms with E-state index in [0.29, 0.717) is 0 Å². The van der Waals surface area contributed by atoms with Gasteiger partial charge < -0.3 is 4.90 Å². The highest BCUT2D eigenvalue weighted by Crippen LogP contribution is 2.07. The molecule has 0 spiro atoms. The molecule has 0 radical (unpaired) electrons. The normalized spacial score (nSPS) is 11.3. The third kappa shape index (κ3) is 5.66. The molecule has 0 atom stereocenters. The summed E-state index contributed by atoms with van der Waals surface area (Å²) in [5.41, 5.74) is -0.246. The van der Waals surface area contributed by atoms with Crippen molar-refractivity contribution in [3.63, 3.8) is 0 Å². The Morgan fingerprint density at radius 1 is 1.12 bits per heavy atom. The Kier molecular flexibility index (Phi) is 5.39. The van der Waals surface area contributed by atoms with E-state index in [-0.39, 0.29) is 23.7 Å². The molecule has 2 amide bonds. The number of carbonyl (C=O) groups is 1. The zero-order chi connectivity index (χ0) is 12.9. The van der Waals surface area contributed by atoms with Crippen LogP contribution in [0.4, 0.5) is 4.79 Å². The van der Waals surface area contributed by atoms with Gasteiger partial charge in [0.1, 0.15) is 0 Å². The highest BCUT2D eigenvalue weighted by Gasteiger charge is 2.18. The molecule has 0 bridgehead atoms. The lowest BCUT2D eigenvalue weighted by molar-refractivity contribution is 0.175. The van der Waals surface area contributed by atoms with Gasteiger partial charge >= 0.3 is 6.03 Å². The van der Waals surface area contributed by atoms with Crippen LogP contribution in [-0.2, 0) is 0 Å². The van der Waals surface area contributed by atoms with Crippen molar-refractivity contribution in [2.24, 2.45) is 9.98 Å². The minimum atomic E-state index is -0.280. The summed E-state index contributed by atoms with van der Waals surface area (Å²) in [7, 11) is 0. The second-order valence-electron chi connectivity index (χ2n) is 5.37. The van der Waals surface area contributed by atoms with Crippen molar-refractivity contribution in [3.8, 4) is 0 Å². The van der Waals surface area contributed by atoms with Crippen LogP contribution in [0.25, 0.3) is 0 Å². The minimum absolute atomic E-state index is 0.132. The lowest BCUT2D eigenvalue weighted by Gasteiger charge is -2.28. The molecule has 0 unspecified atom stereocenters. The van der Waals surface area contributed by atoms with Gasteiger partial charge in [0.2, 0.25) is 0 Å². The highest BCUT2D eigenvalue weighted by molar-refractivity contribution is 5.81. The summed E-state index contributed by atoms with van der Waals surface area (Å²) in [6.07, 6.45) is 0. The van der Waals surface area contributed by atoms with Crippen LogP contribution in [0.1, 0.15) is 48.5 Å². The molecule has 0 heterocycles. The standard InChI is InChI=1S/C12H23N3O/c1-9(2)15(10(3)4)11(16)13-8-14-12(5,6)7/h9-10H,1-7H3. The maximum absolute atomic E-state index is 11.7. The summed E-state index contributed by atoms with van der Waals surface area (Å²) in [4.78, 5) is 21.2. The predicted molar refractivity (Wildman–Crippen MR) is 67.1 cm³/mol. The summed E-state index contributed by atoms with van der Waals surface area (Å²) in [5.74, 6) is 0. The number of hydrogen-bond donors (Lipinski definition) is 0. The fourth-order valence-electron chi connectivity index (χ4n) is 1.31. The smallest absolute Gasteiger partial charge is 0.317 e. The Bertz CT molecular complexity index is 286. The topological polar surface area (TPSA) is 45.0 Å². The van der Waals surface area contributed by atoms with Gasteiger partial charge in [0.05, 0.1) is 11.5 Å². The van der Waals surface area contributed by atoms with Crippen molar-refractivity contribution in [3.05, 3.63) is 0 Å². The lowest BCUT2D eigenvalue weighted by atomic mass is 10.1. The SMILES string of the molecule is CC(C)N(C(=O)N=C=NC(C)(C)C)C(C)C. The van der Waals surface area contributed by atoms with Gasteiger partial charge in [0.15, 0.2) is 0 Å². The Morgan fingerprint density at radius 2 is 1.56 bits per heavy atom. The summed E-state index contributed by atoms with van der Waals surface area (Å²) in [6, 6.07) is 2.46. The molecule has 4 nitrogen and oxygen atoms in total.